The Morgan fingerprint density at radius 1 is 0.579 bits per heavy atom. The Morgan fingerprint density at radius 2 is 0.947 bits per heavy atom. The SMILES string of the molecule is CC(C)C1CC1CCC1CC1CCC1CC1C(C)C. The Morgan fingerprint density at radius 3 is 1.26 bits per heavy atom. The van der Waals surface area contributed by atoms with Crippen molar-refractivity contribution in [2.75, 3.05) is 0 Å². The molecule has 0 radical (unpaired) electrons. The van der Waals surface area contributed by atoms with E-state index in [4.69, 9.17) is 0 Å². The lowest BCUT2D eigenvalue weighted by Crippen LogP contribution is -1.95. The van der Waals surface area contributed by atoms with E-state index < -0.39 is 0 Å². The normalized spacial score (nSPS) is 43.9. The van der Waals surface area contributed by atoms with E-state index in [-0.39, 0.29) is 0 Å². The molecule has 0 saturated heterocycles. The van der Waals surface area contributed by atoms with Gasteiger partial charge in [0.15, 0.2) is 0 Å². The minimum atomic E-state index is 0.947. The zero-order valence-electron chi connectivity index (χ0n) is 13.6. The summed E-state index contributed by atoms with van der Waals surface area (Å²) >= 11 is 0. The second-order valence-corrected chi connectivity index (χ2v) is 8.72. The molecule has 3 saturated carbocycles. The topological polar surface area (TPSA) is 0 Å². The molecule has 110 valence electrons. The number of hydrogen-bond acceptors (Lipinski definition) is 0. The average Bonchev–Trinajstić information content (AvgIpc) is 3.22. The molecule has 0 amide bonds. The monoisotopic (exact) mass is 262 g/mol. The molecule has 0 aromatic carbocycles. The van der Waals surface area contributed by atoms with Crippen molar-refractivity contribution in [1.29, 1.82) is 0 Å². The lowest BCUT2D eigenvalue weighted by Gasteiger charge is -2.04. The van der Waals surface area contributed by atoms with Crippen LogP contribution in [-0.4, -0.2) is 0 Å². The molecule has 6 atom stereocenters. The maximum atomic E-state index is 2.41. The summed E-state index contributed by atoms with van der Waals surface area (Å²) in [5.41, 5.74) is 0. The Bertz CT molecular complexity index is 273. The Balaban J connectivity index is 1.23. The van der Waals surface area contributed by atoms with E-state index in [0.717, 1.165) is 47.3 Å². The van der Waals surface area contributed by atoms with Gasteiger partial charge >= 0.3 is 0 Å². The van der Waals surface area contributed by atoms with E-state index in [2.05, 4.69) is 27.7 Å². The third-order valence-corrected chi connectivity index (χ3v) is 6.55. The number of rotatable bonds is 8. The highest BCUT2D eigenvalue weighted by Gasteiger charge is 2.44. The van der Waals surface area contributed by atoms with Crippen LogP contribution >= 0.6 is 0 Å². The minimum Gasteiger partial charge on any atom is -0.0625 e. The van der Waals surface area contributed by atoms with Crippen LogP contribution in [0.15, 0.2) is 0 Å². The summed E-state index contributed by atoms with van der Waals surface area (Å²) in [6, 6.07) is 0. The third kappa shape index (κ3) is 3.56. The van der Waals surface area contributed by atoms with Gasteiger partial charge in [-0.15, -0.1) is 0 Å². The molecule has 0 aromatic rings. The molecule has 6 unspecified atom stereocenters. The summed E-state index contributed by atoms with van der Waals surface area (Å²) < 4.78 is 0. The minimum absolute atomic E-state index is 0.947. The van der Waals surface area contributed by atoms with Gasteiger partial charge in [0, 0.05) is 0 Å². The van der Waals surface area contributed by atoms with Gasteiger partial charge in [0.1, 0.15) is 0 Å². The molecular weight excluding hydrogens is 228 g/mol. The molecule has 0 bridgehead atoms. The largest absolute Gasteiger partial charge is 0.0625 e. The van der Waals surface area contributed by atoms with Crippen molar-refractivity contribution in [3.05, 3.63) is 0 Å². The summed E-state index contributed by atoms with van der Waals surface area (Å²) in [4.78, 5) is 0. The lowest BCUT2D eigenvalue weighted by molar-refractivity contribution is 0.460. The van der Waals surface area contributed by atoms with Crippen LogP contribution in [0.4, 0.5) is 0 Å². The van der Waals surface area contributed by atoms with E-state index in [1.165, 1.54) is 0 Å². The predicted molar refractivity (Wildman–Crippen MR) is 82.9 cm³/mol. The van der Waals surface area contributed by atoms with Gasteiger partial charge in [0.2, 0.25) is 0 Å². The second-order valence-electron chi connectivity index (χ2n) is 8.72. The van der Waals surface area contributed by atoms with Crippen molar-refractivity contribution in [3.63, 3.8) is 0 Å². The zero-order chi connectivity index (χ0) is 13.6. The van der Waals surface area contributed by atoms with Crippen molar-refractivity contribution >= 4 is 0 Å². The van der Waals surface area contributed by atoms with Crippen molar-refractivity contribution in [2.24, 2.45) is 47.3 Å². The quantitative estimate of drug-likeness (QED) is 0.521. The molecule has 0 spiro atoms. The summed E-state index contributed by atoms with van der Waals surface area (Å²) in [6.07, 6.45) is 10.9. The van der Waals surface area contributed by atoms with Crippen molar-refractivity contribution in [2.45, 2.75) is 72.6 Å². The van der Waals surface area contributed by atoms with Gasteiger partial charge in [-0.25, -0.2) is 0 Å². The molecule has 0 heteroatoms. The van der Waals surface area contributed by atoms with Crippen molar-refractivity contribution < 1.29 is 0 Å². The molecule has 0 nitrogen and oxygen atoms in total. The first-order valence-corrected chi connectivity index (χ1v) is 9.06. The van der Waals surface area contributed by atoms with Crippen LogP contribution in [0.25, 0.3) is 0 Å². The van der Waals surface area contributed by atoms with Crippen LogP contribution in [0.3, 0.4) is 0 Å². The van der Waals surface area contributed by atoms with Gasteiger partial charge in [0.25, 0.3) is 0 Å². The fourth-order valence-electron chi connectivity index (χ4n) is 4.71. The van der Waals surface area contributed by atoms with Gasteiger partial charge in [-0.05, 0) is 92.3 Å². The number of hydrogen-bond donors (Lipinski definition) is 0. The maximum Gasteiger partial charge on any atom is -0.0360 e. The summed E-state index contributed by atoms with van der Waals surface area (Å²) in [7, 11) is 0. The highest BCUT2D eigenvalue weighted by atomic mass is 14.5. The van der Waals surface area contributed by atoms with Crippen molar-refractivity contribution in [3.8, 4) is 0 Å². The van der Waals surface area contributed by atoms with Gasteiger partial charge in [-0.3, -0.25) is 0 Å². The van der Waals surface area contributed by atoms with Crippen LogP contribution in [-0.2, 0) is 0 Å². The molecule has 0 heterocycles. The van der Waals surface area contributed by atoms with Crippen LogP contribution in [0.1, 0.15) is 72.6 Å². The summed E-state index contributed by atoms with van der Waals surface area (Å²) in [5.74, 6) is 8.61. The van der Waals surface area contributed by atoms with Gasteiger partial charge in [-0.1, -0.05) is 27.7 Å². The molecule has 3 aliphatic rings. The summed E-state index contributed by atoms with van der Waals surface area (Å²) in [5, 5.41) is 0. The summed E-state index contributed by atoms with van der Waals surface area (Å²) in [6.45, 7) is 9.63. The van der Waals surface area contributed by atoms with Gasteiger partial charge in [0.05, 0.1) is 0 Å². The zero-order valence-corrected chi connectivity index (χ0v) is 13.6. The maximum absolute atomic E-state index is 2.41. The third-order valence-electron chi connectivity index (χ3n) is 6.55. The fraction of sp³-hybridized carbons (Fsp3) is 1.00. The Kier molecular flexibility index (Phi) is 3.98. The van der Waals surface area contributed by atoms with Gasteiger partial charge in [-0.2, -0.15) is 0 Å². The van der Waals surface area contributed by atoms with Crippen LogP contribution in [0.2, 0.25) is 0 Å². The molecule has 0 N–H and O–H groups in total. The van der Waals surface area contributed by atoms with E-state index in [1.54, 1.807) is 44.9 Å². The predicted octanol–water partition coefficient (Wildman–Crippen LogP) is 5.77. The highest BCUT2D eigenvalue weighted by molar-refractivity contribution is 4.94. The lowest BCUT2D eigenvalue weighted by atomic mass is 10.0. The molecule has 3 aliphatic carbocycles. The van der Waals surface area contributed by atoms with Crippen LogP contribution < -0.4 is 0 Å². The van der Waals surface area contributed by atoms with Crippen molar-refractivity contribution in [1.82, 2.24) is 0 Å². The van der Waals surface area contributed by atoms with Crippen LogP contribution in [0, 0.1) is 47.3 Å². The smallest absolute Gasteiger partial charge is 0.0360 e. The molecule has 0 aromatic heterocycles. The van der Waals surface area contributed by atoms with Crippen LogP contribution in [0.5, 0.6) is 0 Å². The van der Waals surface area contributed by atoms with Gasteiger partial charge < -0.3 is 0 Å². The molecule has 0 aliphatic heterocycles. The highest BCUT2D eigenvalue weighted by Crippen LogP contribution is 2.54. The van der Waals surface area contributed by atoms with E-state index in [0.29, 0.717) is 0 Å². The molecular formula is C19H34. The van der Waals surface area contributed by atoms with E-state index >= 15 is 0 Å². The average molecular weight is 262 g/mol. The first kappa shape index (κ1) is 14.0. The molecule has 19 heavy (non-hydrogen) atoms. The first-order valence-electron chi connectivity index (χ1n) is 9.06. The standard InChI is InChI=1S/C19H34/c1-12(2)18-10-16(18)7-5-14-9-15(14)6-8-17-11-19(17)13(3)4/h12-19H,5-11H2,1-4H3. The van der Waals surface area contributed by atoms with E-state index in [9.17, 15) is 0 Å². The molecule has 3 rings (SSSR count). The van der Waals surface area contributed by atoms with E-state index in [1.807, 2.05) is 0 Å². The Labute approximate surface area is 120 Å². The first-order chi connectivity index (χ1) is 9.06. The Hall–Kier alpha value is 0. The molecule has 3 fully saturated rings. The second kappa shape index (κ2) is 5.41. The fourth-order valence-corrected chi connectivity index (χ4v) is 4.71.